The van der Waals surface area contributed by atoms with Crippen LogP contribution in [0.15, 0.2) is 46.9 Å². The molecule has 136 valence electrons. The third-order valence-corrected chi connectivity index (χ3v) is 5.11. The lowest BCUT2D eigenvalue weighted by atomic mass is 10.1. The summed E-state index contributed by atoms with van der Waals surface area (Å²) < 4.78 is 6.25. The smallest absolute Gasteiger partial charge is 0.254 e. The number of ether oxygens (including phenoxy) is 1. The van der Waals surface area contributed by atoms with Gasteiger partial charge >= 0.3 is 0 Å². The summed E-state index contributed by atoms with van der Waals surface area (Å²) in [6, 6.07) is 12.4. The van der Waals surface area contributed by atoms with Gasteiger partial charge in [0.2, 0.25) is 5.91 Å². The van der Waals surface area contributed by atoms with Gasteiger partial charge in [-0.2, -0.15) is 0 Å². The number of anilines is 1. The van der Waals surface area contributed by atoms with Crippen molar-refractivity contribution >= 4 is 33.4 Å². The van der Waals surface area contributed by atoms with Crippen molar-refractivity contribution in [2.24, 2.45) is 0 Å². The first kappa shape index (κ1) is 18.5. The van der Waals surface area contributed by atoms with Crippen molar-refractivity contribution in [2.75, 3.05) is 25.1 Å². The number of methoxy groups -OCH3 is 1. The van der Waals surface area contributed by atoms with Crippen LogP contribution in [0.5, 0.6) is 5.75 Å². The maximum Gasteiger partial charge on any atom is 0.254 e. The number of piperazine rings is 1. The number of hydrogen-bond acceptors (Lipinski definition) is 3. The average molecular weight is 417 g/mol. The largest absolute Gasteiger partial charge is 0.495 e. The highest BCUT2D eigenvalue weighted by atomic mass is 79.9. The molecule has 3 rings (SSSR count). The Morgan fingerprint density at radius 3 is 2.65 bits per heavy atom. The zero-order chi connectivity index (χ0) is 18.8. The van der Waals surface area contributed by atoms with Crippen LogP contribution < -0.4 is 9.64 Å². The molecule has 1 aliphatic rings. The normalized spacial score (nSPS) is 17.4. The molecule has 0 N–H and O–H groups in total. The van der Waals surface area contributed by atoms with E-state index in [9.17, 15) is 9.59 Å². The lowest BCUT2D eigenvalue weighted by Crippen LogP contribution is -2.57. The van der Waals surface area contributed by atoms with Crippen molar-refractivity contribution in [2.45, 2.75) is 19.9 Å². The van der Waals surface area contributed by atoms with Crippen LogP contribution in [0.2, 0.25) is 0 Å². The minimum absolute atomic E-state index is 0.108. The fraction of sp³-hybridized carbons (Fsp3) is 0.300. The lowest BCUT2D eigenvalue weighted by Gasteiger charge is -2.39. The van der Waals surface area contributed by atoms with Crippen LogP contribution in [-0.4, -0.2) is 43.0 Å². The molecule has 1 saturated heterocycles. The van der Waals surface area contributed by atoms with Gasteiger partial charge in [0.1, 0.15) is 11.8 Å². The molecule has 1 heterocycles. The molecular weight excluding hydrogens is 396 g/mol. The number of hydrogen-bond donors (Lipinski definition) is 0. The topological polar surface area (TPSA) is 49.9 Å². The first-order valence-electron chi connectivity index (χ1n) is 8.45. The van der Waals surface area contributed by atoms with E-state index >= 15 is 0 Å². The van der Waals surface area contributed by atoms with E-state index in [4.69, 9.17) is 4.74 Å². The molecule has 1 atom stereocenters. The van der Waals surface area contributed by atoms with Gasteiger partial charge in [0.05, 0.1) is 12.8 Å². The van der Waals surface area contributed by atoms with Crippen molar-refractivity contribution in [1.29, 1.82) is 0 Å². The van der Waals surface area contributed by atoms with Gasteiger partial charge in [-0.1, -0.05) is 28.1 Å². The Balaban J connectivity index is 1.85. The molecule has 2 amide bonds. The van der Waals surface area contributed by atoms with Crippen molar-refractivity contribution in [1.82, 2.24) is 4.90 Å². The number of halogens is 1. The Labute approximate surface area is 161 Å². The Morgan fingerprint density at radius 1 is 1.19 bits per heavy atom. The summed E-state index contributed by atoms with van der Waals surface area (Å²) in [5.74, 6) is 0.412. The molecule has 1 unspecified atom stereocenters. The second kappa shape index (κ2) is 7.50. The van der Waals surface area contributed by atoms with Crippen molar-refractivity contribution in [3.05, 3.63) is 58.1 Å². The molecule has 0 saturated carbocycles. The Morgan fingerprint density at radius 2 is 1.96 bits per heavy atom. The number of rotatable bonds is 3. The molecule has 1 fully saturated rings. The van der Waals surface area contributed by atoms with Crippen LogP contribution in [0.3, 0.4) is 0 Å². The molecule has 26 heavy (non-hydrogen) atoms. The van der Waals surface area contributed by atoms with Crippen molar-refractivity contribution in [3.8, 4) is 5.75 Å². The minimum atomic E-state index is -0.541. The van der Waals surface area contributed by atoms with E-state index in [0.717, 1.165) is 15.7 Å². The van der Waals surface area contributed by atoms with Crippen molar-refractivity contribution in [3.63, 3.8) is 0 Å². The Bertz CT molecular complexity index is 853. The van der Waals surface area contributed by atoms with E-state index in [1.165, 1.54) is 0 Å². The van der Waals surface area contributed by atoms with Crippen LogP contribution in [0, 0.1) is 6.92 Å². The fourth-order valence-corrected chi connectivity index (χ4v) is 3.58. The lowest BCUT2D eigenvalue weighted by molar-refractivity contribution is -0.124. The van der Waals surface area contributed by atoms with E-state index in [1.54, 1.807) is 36.0 Å². The molecule has 5 nitrogen and oxygen atoms in total. The van der Waals surface area contributed by atoms with Gasteiger partial charge in [0.15, 0.2) is 0 Å². The molecular formula is C20H21BrN2O3. The van der Waals surface area contributed by atoms with Crippen LogP contribution in [0.4, 0.5) is 5.69 Å². The van der Waals surface area contributed by atoms with E-state index in [-0.39, 0.29) is 11.8 Å². The average Bonchev–Trinajstić information content (AvgIpc) is 2.63. The molecule has 0 bridgehead atoms. The van der Waals surface area contributed by atoms with Gasteiger partial charge in [-0.3, -0.25) is 9.59 Å². The summed E-state index contributed by atoms with van der Waals surface area (Å²) in [5, 5.41) is 0. The molecule has 6 heteroatoms. The Hall–Kier alpha value is -2.34. The van der Waals surface area contributed by atoms with E-state index in [0.29, 0.717) is 24.4 Å². The summed E-state index contributed by atoms with van der Waals surface area (Å²) >= 11 is 3.38. The van der Waals surface area contributed by atoms with Crippen LogP contribution >= 0.6 is 15.9 Å². The summed E-state index contributed by atoms with van der Waals surface area (Å²) in [6.07, 6.45) is 0. The number of benzene rings is 2. The SMILES string of the molecule is COc1ccc(C)cc1N1CCN(C(=O)c2cccc(Br)c2)C(C)C1=O. The third kappa shape index (κ3) is 3.46. The van der Waals surface area contributed by atoms with Gasteiger partial charge in [0.25, 0.3) is 5.91 Å². The molecule has 2 aromatic carbocycles. The second-order valence-electron chi connectivity index (χ2n) is 6.35. The van der Waals surface area contributed by atoms with Gasteiger partial charge in [-0.05, 0) is 49.7 Å². The molecule has 0 radical (unpaired) electrons. The Kier molecular flexibility index (Phi) is 5.32. The van der Waals surface area contributed by atoms with Gasteiger partial charge < -0.3 is 14.5 Å². The number of carbonyl (C=O) groups is 2. The monoisotopic (exact) mass is 416 g/mol. The highest BCUT2D eigenvalue weighted by molar-refractivity contribution is 9.10. The van der Waals surface area contributed by atoms with Crippen molar-refractivity contribution < 1.29 is 14.3 Å². The number of amides is 2. The predicted octanol–water partition coefficient (Wildman–Crippen LogP) is 3.64. The highest BCUT2D eigenvalue weighted by Crippen LogP contribution is 2.32. The molecule has 0 aromatic heterocycles. The predicted molar refractivity (Wildman–Crippen MR) is 105 cm³/mol. The van der Waals surface area contributed by atoms with Gasteiger partial charge in [0, 0.05) is 23.1 Å². The maximum absolute atomic E-state index is 13.0. The maximum atomic E-state index is 13.0. The van der Waals surface area contributed by atoms with Crippen LogP contribution in [0.25, 0.3) is 0 Å². The minimum Gasteiger partial charge on any atom is -0.495 e. The first-order chi connectivity index (χ1) is 12.4. The van der Waals surface area contributed by atoms with Gasteiger partial charge in [-0.25, -0.2) is 0 Å². The summed E-state index contributed by atoms with van der Waals surface area (Å²) in [7, 11) is 1.59. The van der Waals surface area contributed by atoms with E-state index in [2.05, 4.69) is 15.9 Å². The number of aryl methyl sites for hydroxylation is 1. The van der Waals surface area contributed by atoms with E-state index in [1.807, 2.05) is 37.3 Å². The quantitative estimate of drug-likeness (QED) is 0.766. The third-order valence-electron chi connectivity index (χ3n) is 4.61. The fourth-order valence-electron chi connectivity index (χ4n) is 3.19. The van der Waals surface area contributed by atoms with Crippen LogP contribution in [-0.2, 0) is 4.79 Å². The van der Waals surface area contributed by atoms with Gasteiger partial charge in [-0.15, -0.1) is 0 Å². The molecule has 0 aliphatic carbocycles. The number of carbonyl (C=O) groups excluding carboxylic acids is 2. The summed E-state index contributed by atoms with van der Waals surface area (Å²) in [6.45, 7) is 4.65. The molecule has 2 aromatic rings. The summed E-state index contributed by atoms with van der Waals surface area (Å²) in [4.78, 5) is 29.2. The zero-order valence-corrected chi connectivity index (χ0v) is 16.6. The van der Waals surface area contributed by atoms with E-state index < -0.39 is 6.04 Å². The standard InChI is InChI=1S/C20H21BrN2O3/c1-13-7-8-18(26-3)17(11-13)23-10-9-22(14(2)19(23)24)20(25)15-5-4-6-16(21)12-15/h4-8,11-12,14H,9-10H2,1-3H3. The summed E-state index contributed by atoms with van der Waals surface area (Å²) in [5.41, 5.74) is 2.37. The molecule has 1 aliphatic heterocycles. The first-order valence-corrected chi connectivity index (χ1v) is 9.24. The second-order valence-corrected chi connectivity index (χ2v) is 7.27. The highest BCUT2D eigenvalue weighted by Gasteiger charge is 2.36. The number of nitrogens with zero attached hydrogens (tertiary/aromatic N) is 2. The van der Waals surface area contributed by atoms with Crippen LogP contribution in [0.1, 0.15) is 22.8 Å². The zero-order valence-electron chi connectivity index (χ0n) is 15.0. The molecule has 0 spiro atoms.